The zero-order valence-electron chi connectivity index (χ0n) is 16.6. The number of rotatable bonds is 5. The molecule has 3 aromatic rings. The second-order valence-electron chi connectivity index (χ2n) is 8.72. The van der Waals surface area contributed by atoms with Crippen molar-refractivity contribution in [3.8, 4) is 0 Å². The molecule has 1 spiro atoms. The van der Waals surface area contributed by atoms with Gasteiger partial charge in [0.25, 0.3) is 5.91 Å². The first-order chi connectivity index (χ1) is 14.2. The molecule has 1 heterocycles. The Balaban J connectivity index is 1.47. The number of nitrogens with zero attached hydrogens (tertiary/aromatic N) is 2. The normalized spacial score (nSPS) is 17.8. The minimum atomic E-state index is -3.39. The smallest absolute Gasteiger partial charge is 0.274 e. The lowest BCUT2D eigenvalue weighted by Gasteiger charge is -2.35. The molecular formula is C22H22FN3O3S. The molecule has 6 nitrogen and oxygen atoms in total. The van der Waals surface area contributed by atoms with Gasteiger partial charge in [0, 0.05) is 29.9 Å². The summed E-state index contributed by atoms with van der Waals surface area (Å²) >= 11 is 0. The third-order valence-electron chi connectivity index (χ3n) is 6.27. The number of halogens is 1. The molecule has 0 radical (unpaired) electrons. The summed E-state index contributed by atoms with van der Waals surface area (Å²) in [5, 5.41) is 7.86. The molecule has 2 fully saturated rings. The van der Waals surface area contributed by atoms with Crippen LogP contribution in [0, 0.1) is 17.2 Å². The van der Waals surface area contributed by atoms with Crippen LogP contribution in [0.3, 0.4) is 0 Å². The van der Waals surface area contributed by atoms with Crippen LogP contribution in [0.1, 0.15) is 36.2 Å². The zero-order valence-corrected chi connectivity index (χ0v) is 17.4. The van der Waals surface area contributed by atoms with Crippen molar-refractivity contribution in [1.82, 2.24) is 9.78 Å². The summed E-state index contributed by atoms with van der Waals surface area (Å²) < 4.78 is 39.0. The minimum Gasteiger partial charge on any atom is -0.321 e. The van der Waals surface area contributed by atoms with Gasteiger partial charge < -0.3 is 5.32 Å². The third kappa shape index (κ3) is 3.49. The van der Waals surface area contributed by atoms with E-state index in [2.05, 4.69) is 10.4 Å². The maximum atomic E-state index is 13.7. The first kappa shape index (κ1) is 19.2. The predicted octanol–water partition coefficient (Wildman–Crippen LogP) is 4.02. The highest BCUT2D eigenvalue weighted by Gasteiger charge is 2.52. The molecule has 0 saturated heterocycles. The van der Waals surface area contributed by atoms with Crippen LogP contribution >= 0.6 is 0 Å². The topological polar surface area (TPSA) is 81.1 Å². The number of hydrogen-bond acceptors (Lipinski definition) is 4. The fourth-order valence-electron chi connectivity index (χ4n) is 4.60. The lowest BCUT2D eigenvalue weighted by Crippen LogP contribution is -2.30. The number of benzene rings is 2. The Morgan fingerprint density at radius 1 is 1.23 bits per heavy atom. The van der Waals surface area contributed by atoms with Crippen molar-refractivity contribution >= 4 is 32.3 Å². The monoisotopic (exact) mass is 427 g/mol. The van der Waals surface area contributed by atoms with Crippen molar-refractivity contribution in [2.24, 2.45) is 11.3 Å². The van der Waals surface area contributed by atoms with Crippen LogP contribution in [-0.4, -0.2) is 30.4 Å². The molecule has 156 valence electrons. The van der Waals surface area contributed by atoms with Gasteiger partial charge in [0.1, 0.15) is 11.5 Å². The van der Waals surface area contributed by atoms with Crippen LogP contribution in [0.4, 0.5) is 10.1 Å². The van der Waals surface area contributed by atoms with Crippen molar-refractivity contribution in [1.29, 1.82) is 0 Å². The van der Waals surface area contributed by atoms with E-state index in [1.807, 2.05) is 0 Å². The summed E-state index contributed by atoms with van der Waals surface area (Å²) in [6.45, 7) is 0.615. The molecule has 0 unspecified atom stereocenters. The van der Waals surface area contributed by atoms with E-state index in [-0.39, 0.29) is 4.90 Å². The number of carbonyl (C=O) groups is 1. The molecule has 5 rings (SSSR count). The lowest BCUT2D eigenvalue weighted by molar-refractivity contribution is 0.100. The van der Waals surface area contributed by atoms with Crippen molar-refractivity contribution in [2.75, 3.05) is 11.6 Å². The molecule has 2 aliphatic rings. The van der Waals surface area contributed by atoms with Crippen LogP contribution in [-0.2, 0) is 16.4 Å². The van der Waals surface area contributed by atoms with Gasteiger partial charge in [-0.2, -0.15) is 5.10 Å². The minimum absolute atomic E-state index is 0.130. The van der Waals surface area contributed by atoms with Crippen LogP contribution in [0.2, 0.25) is 0 Å². The molecule has 30 heavy (non-hydrogen) atoms. The highest BCUT2D eigenvalue weighted by Crippen LogP contribution is 2.63. The van der Waals surface area contributed by atoms with Gasteiger partial charge in [0.15, 0.2) is 9.84 Å². The van der Waals surface area contributed by atoms with Gasteiger partial charge in [-0.05, 0) is 67.3 Å². The molecule has 0 atom stereocenters. The van der Waals surface area contributed by atoms with Gasteiger partial charge in [0.05, 0.1) is 10.4 Å². The average Bonchev–Trinajstić information content (AvgIpc) is 3.36. The van der Waals surface area contributed by atoms with E-state index in [0.717, 1.165) is 19.1 Å². The van der Waals surface area contributed by atoms with E-state index in [9.17, 15) is 17.6 Å². The lowest BCUT2D eigenvalue weighted by atomic mass is 9.72. The van der Waals surface area contributed by atoms with Crippen molar-refractivity contribution < 1.29 is 17.6 Å². The number of hydrogen-bond donors (Lipinski definition) is 1. The SMILES string of the molecule is CS(=O)(=O)c1cccc(NC(=O)c2c3ccc(F)cc3nn2CC2CC3(CC3)C2)c1. The molecular weight excluding hydrogens is 405 g/mol. The summed E-state index contributed by atoms with van der Waals surface area (Å²) in [4.78, 5) is 13.3. The van der Waals surface area contributed by atoms with Gasteiger partial charge in [-0.15, -0.1) is 0 Å². The number of sulfone groups is 1. The van der Waals surface area contributed by atoms with E-state index >= 15 is 0 Å². The van der Waals surface area contributed by atoms with Crippen LogP contribution in [0.25, 0.3) is 10.9 Å². The molecule has 2 aliphatic carbocycles. The molecule has 2 aromatic carbocycles. The van der Waals surface area contributed by atoms with Gasteiger partial charge in [0.2, 0.25) is 0 Å². The number of fused-ring (bicyclic) bond motifs is 1. The largest absolute Gasteiger partial charge is 0.321 e. The van der Waals surface area contributed by atoms with Crippen molar-refractivity contribution in [3.05, 3.63) is 54.0 Å². The Kier molecular flexibility index (Phi) is 4.25. The van der Waals surface area contributed by atoms with Crippen molar-refractivity contribution in [3.63, 3.8) is 0 Å². The summed E-state index contributed by atoms with van der Waals surface area (Å²) in [6, 6.07) is 10.3. The van der Waals surface area contributed by atoms with Crippen molar-refractivity contribution in [2.45, 2.75) is 37.1 Å². The first-order valence-electron chi connectivity index (χ1n) is 10.0. The summed E-state index contributed by atoms with van der Waals surface area (Å²) in [6.07, 6.45) is 6.00. The number of anilines is 1. The highest BCUT2D eigenvalue weighted by molar-refractivity contribution is 7.90. The second kappa shape index (κ2) is 6.63. The number of amides is 1. The fourth-order valence-corrected chi connectivity index (χ4v) is 5.26. The Hall–Kier alpha value is -2.74. The van der Waals surface area contributed by atoms with E-state index in [4.69, 9.17) is 0 Å². The predicted molar refractivity (Wildman–Crippen MR) is 112 cm³/mol. The second-order valence-corrected chi connectivity index (χ2v) is 10.7. The van der Waals surface area contributed by atoms with Crippen LogP contribution < -0.4 is 5.32 Å². The number of aromatic nitrogens is 2. The highest BCUT2D eigenvalue weighted by atomic mass is 32.2. The van der Waals surface area contributed by atoms with Crippen LogP contribution in [0.15, 0.2) is 47.4 Å². The van der Waals surface area contributed by atoms with E-state index < -0.39 is 21.6 Å². The zero-order chi connectivity index (χ0) is 21.1. The van der Waals surface area contributed by atoms with E-state index in [1.54, 1.807) is 22.9 Å². The van der Waals surface area contributed by atoms with Crippen LogP contribution in [0.5, 0.6) is 0 Å². The standard InChI is InChI=1S/C22H22FN3O3S/c1-30(28,29)17-4-2-3-16(10-17)24-21(27)20-18-6-5-15(23)9-19(18)25-26(20)13-14-11-22(12-14)7-8-22/h2-6,9-10,14H,7-8,11-13H2,1H3,(H,24,27). The molecule has 0 bridgehead atoms. The van der Waals surface area contributed by atoms with Gasteiger partial charge in [-0.1, -0.05) is 6.07 Å². The Morgan fingerprint density at radius 2 is 2.00 bits per heavy atom. The Morgan fingerprint density at radius 3 is 2.70 bits per heavy atom. The fraction of sp³-hybridized carbons (Fsp3) is 0.364. The first-order valence-corrected chi connectivity index (χ1v) is 11.9. The van der Waals surface area contributed by atoms with E-state index in [1.165, 1.54) is 37.1 Å². The third-order valence-corrected chi connectivity index (χ3v) is 7.38. The molecule has 2 saturated carbocycles. The summed E-state index contributed by atoms with van der Waals surface area (Å²) in [5.74, 6) is -0.331. The Labute approximate surface area is 174 Å². The maximum absolute atomic E-state index is 13.7. The maximum Gasteiger partial charge on any atom is 0.274 e. The van der Waals surface area contributed by atoms with Gasteiger partial charge >= 0.3 is 0 Å². The quantitative estimate of drug-likeness (QED) is 0.667. The Bertz CT molecular complexity index is 1270. The van der Waals surface area contributed by atoms with E-state index in [0.29, 0.717) is 40.2 Å². The summed E-state index contributed by atoms with van der Waals surface area (Å²) in [5.41, 5.74) is 1.72. The molecule has 1 aromatic heterocycles. The molecule has 0 aliphatic heterocycles. The van der Waals surface area contributed by atoms with Gasteiger partial charge in [-0.3, -0.25) is 9.48 Å². The average molecular weight is 428 g/mol. The molecule has 1 amide bonds. The molecule has 8 heteroatoms. The molecule has 1 N–H and O–H groups in total. The number of carbonyl (C=O) groups excluding carboxylic acids is 1. The van der Waals surface area contributed by atoms with Gasteiger partial charge in [-0.25, -0.2) is 12.8 Å². The number of nitrogens with one attached hydrogen (secondary N) is 1. The summed E-state index contributed by atoms with van der Waals surface area (Å²) in [7, 11) is -3.39.